The van der Waals surface area contributed by atoms with Gasteiger partial charge in [-0.25, -0.2) is 0 Å². The molecular weight excluding hydrogens is 495 g/mol. The predicted octanol–water partition coefficient (Wildman–Crippen LogP) is 3.79. The number of hydrogen-bond acceptors (Lipinski definition) is 3. The summed E-state index contributed by atoms with van der Waals surface area (Å²) in [6.07, 6.45) is 4.78. The third-order valence-electron chi connectivity index (χ3n) is 4.83. The van der Waals surface area contributed by atoms with E-state index in [9.17, 15) is 4.79 Å². The fourth-order valence-corrected chi connectivity index (χ4v) is 4.14. The standard InChI is InChI=1S/C19H29ClN4OS.HI/c1-21-18(25)11-14-7-9-24(10-8-14)19(22-2)23-13-17(26-3)15-5-4-6-16(20)12-15;/h4-6,12,14,17H,7-11,13H2,1-3H3,(H,21,25)(H,22,23);1H. The summed E-state index contributed by atoms with van der Waals surface area (Å²) in [6, 6.07) is 8.03. The molecule has 1 saturated heterocycles. The highest BCUT2D eigenvalue weighted by molar-refractivity contribution is 14.0. The van der Waals surface area contributed by atoms with Crippen LogP contribution in [0.1, 0.15) is 30.1 Å². The minimum Gasteiger partial charge on any atom is -0.359 e. The van der Waals surface area contributed by atoms with Crippen LogP contribution in [-0.2, 0) is 4.79 Å². The fourth-order valence-electron chi connectivity index (χ4n) is 3.27. The van der Waals surface area contributed by atoms with E-state index >= 15 is 0 Å². The number of benzene rings is 1. The minimum absolute atomic E-state index is 0. The summed E-state index contributed by atoms with van der Waals surface area (Å²) in [6.45, 7) is 2.66. The highest BCUT2D eigenvalue weighted by Gasteiger charge is 2.23. The van der Waals surface area contributed by atoms with E-state index in [-0.39, 0.29) is 29.9 Å². The lowest BCUT2D eigenvalue weighted by Crippen LogP contribution is -2.46. The number of carbonyl (C=O) groups is 1. The van der Waals surface area contributed by atoms with Gasteiger partial charge in [-0.1, -0.05) is 23.7 Å². The van der Waals surface area contributed by atoms with Crippen molar-refractivity contribution in [1.82, 2.24) is 15.5 Å². The summed E-state index contributed by atoms with van der Waals surface area (Å²) in [5.41, 5.74) is 1.22. The number of rotatable bonds is 6. The number of nitrogens with one attached hydrogen (secondary N) is 2. The highest BCUT2D eigenvalue weighted by Crippen LogP contribution is 2.28. The van der Waals surface area contributed by atoms with E-state index in [4.69, 9.17) is 11.6 Å². The van der Waals surface area contributed by atoms with Gasteiger partial charge in [-0.15, -0.1) is 24.0 Å². The molecule has 2 rings (SSSR count). The van der Waals surface area contributed by atoms with E-state index in [0.29, 0.717) is 17.6 Å². The molecule has 2 N–H and O–H groups in total. The monoisotopic (exact) mass is 524 g/mol. The van der Waals surface area contributed by atoms with E-state index < -0.39 is 0 Å². The van der Waals surface area contributed by atoms with Crippen LogP contribution < -0.4 is 10.6 Å². The van der Waals surface area contributed by atoms with E-state index in [1.807, 2.05) is 25.2 Å². The van der Waals surface area contributed by atoms with Gasteiger partial charge in [0.15, 0.2) is 5.96 Å². The number of nitrogens with zero attached hydrogens (tertiary/aromatic N) is 2. The fraction of sp³-hybridized carbons (Fsp3) is 0.579. The number of amides is 1. The molecule has 5 nitrogen and oxygen atoms in total. The van der Waals surface area contributed by atoms with Crippen LogP contribution in [0, 0.1) is 5.92 Å². The Kier molecular flexibility index (Phi) is 11.5. The van der Waals surface area contributed by atoms with Crippen LogP contribution in [0.25, 0.3) is 0 Å². The molecule has 1 aromatic rings. The van der Waals surface area contributed by atoms with Crippen molar-refractivity contribution in [3.63, 3.8) is 0 Å². The first-order valence-electron chi connectivity index (χ1n) is 9.01. The first-order valence-corrected chi connectivity index (χ1v) is 10.7. The van der Waals surface area contributed by atoms with Gasteiger partial charge in [-0.05, 0) is 42.7 Å². The zero-order valence-electron chi connectivity index (χ0n) is 16.2. The molecule has 0 saturated carbocycles. The molecule has 8 heteroatoms. The first-order chi connectivity index (χ1) is 12.6. The summed E-state index contributed by atoms with van der Waals surface area (Å²) in [5.74, 6) is 1.54. The third-order valence-corrected chi connectivity index (χ3v) is 6.07. The largest absolute Gasteiger partial charge is 0.359 e. The van der Waals surface area contributed by atoms with Gasteiger partial charge >= 0.3 is 0 Å². The summed E-state index contributed by atoms with van der Waals surface area (Å²) in [4.78, 5) is 18.3. The highest BCUT2D eigenvalue weighted by atomic mass is 127. The van der Waals surface area contributed by atoms with Gasteiger partial charge in [-0.2, -0.15) is 11.8 Å². The Morgan fingerprint density at radius 2 is 2.11 bits per heavy atom. The van der Waals surface area contributed by atoms with Crippen LogP contribution in [0.4, 0.5) is 0 Å². The number of piperidine rings is 1. The van der Waals surface area contributed by atoms with Crippen LogP contribution in [-0.4, -0.2) is 56.8 Å². The lowest BCUT2D eigenvalue weighted by Gasteiger charge is -2.34. The zero-order valence-corrected chi connectivity index (χ0v) is 20.1. The maximum absolute atomic E-state index is 11.5. The molecule has 1 heterocycles. The Bertz CT molecular complexity index is 623. The first kappa shape index (κ1) is 24.4. The maximum atomic E-state index is 11.5. The molecule has 27 heavy (non-hydrogen) atoms. The van der Waals surface area contributed by atoms with Crippen molar-refractivity contribution in [3.05, 3.63) is 34.9 Å². The van der Waals surface area contributed by atoms with E-state index in [1.165, 1.54) is 5.56 Å². The molecule has 0 radical (unpaired) electrons. The molecule has 1 amide bonds. The minimum atomic E-state index is 0. The summed E-state index contributed by atoms with van der Waals surface area (Å²) >= 11 is 7.93. The van der Waals surface area contributed by atoms with Gasteiger partial charge < -0.3 is 15.5 Å². The molecule has 0 aromatic heterocycles. The van der Waals surface area contributed by atoms with Crippen molar-refractivity contribution in [2.24, 2.45) is 10.9 Å². The number of thioether (sulfide) groups is 1. The number of guanidine groups is 1. The Hall–Kier alpha value is -0.670. The summed E-state index contributed by atoms with van der Waals surface area (Å²) in [5, 5.41) is 7.31. The summed E-state index contributed by atoms with van der Waals surface area (Å²) in [7, 11) is 3.53. The van der Waals surface area contributed by atoms with Gasteiger partial charge in [-0.3, -0.25) is 9.79 Å². The van der Waals surface area contributed by atoms with Crippen LogP contribution in [0.15, 0.2) is 29.3 Å². The van der Waals surface area contributed by atoms with Gasteiger partial charge in [0.2, 0.25) is 5.91 Å². The molecular formula is C19H30ClIN4OS. The second-order valence-corrected chi connectivity index (χ2v) is 7.99. The van der Waals surface area contributed by atoms with Crippen LogP contribution >= 0.6 is 47.3 Å². The summed E-state index contributed by atoms with van der Waals surface area (Å²) < 4.78 is 0. The number of hydrogen-bond donors (Lipinski definition) is 2. The zero-order chi connectivity index (χ0) is 18.9. The molecule has 1 unspecified atom stereocenters. The van der Waals surface area contributed by atoms with Crippen LogP contribution in [0.5, 0.6) is 0 Å². The predicted molar refractivity (Wildman–Crippen MR) is 127 cm³/mol. The second-order valence-electron chi connectivity index (χ2n) is 6.52. The van der Waals surface area contributed by atoms with Crippen LogP contribution in [0.3, 0.4) is 0 Å². The van der Waals surface area contributed by atoms with E-state index in [2.05, 4.69) is 32.8 Å². The molecule has 1 aromatic carbocycles. The van der Waals surface area contributed by atoms with Crippen LogP contribution in [0.2, 0.25) is 5.02 Å². The van der Waals surface area contributed by atoms with E-state index in [0.717, 1.165) is 43.5 Å². The number of aliphatic imine (C=N–C) groups is 1. The molecule has 1 fully saturated rings. The molecule has 0 aliphatic carbocycles. The van der Waals surface area contributed by atoms with Crippen molar-refractivity contribution in [3.8, 4) is 0 Å². The van der Waals surface area contributed by atoms with Crippen molar-refractivity contribution in [1.29, 1.82) is 0 Å². The van der Waals surface area contributed by atoms with Gasteiger partial charge in [0.25, 0.3) is 0 Å². The van der Waals surface area contributed by atoms with Gasteiger partial charge in [0.05, 0.1) is 0 Å². The maximum Gasteiger partial charge on any atom is 0.220 e. The smallest absolute Gasteiger partial charge is 0.220 e. The Morgan fingerprint density at radius 1 is 1.41 bits per heavy atom. The quantitative estimate of drug-likeness (QED) is 0.338. The third kappa shape index (κ3) is 7.69. The van der Waals surface area contributed by atoms with Crippen molar-refractivity contribution >= 4 is 59.2 Å². The van der Waals surface area contributed by atoms with Gasteiger partial charge in [0, 0.05) is 50.4 Å². The molecule has 1 aliphatic heterocycles. The van der Waals surface area contributed by atoms with E-state index in [1.54, 1.807) is 18.8 Å². The van der Waals surface area contributed by atoms with Crippen molar-refractivity contribution in [2.45, 2.75) is 24.5 Å². The topological polar surface area (TPSA) is 56.7 Å². The lowest BCUT2D eigenvalue weighted by molar-refractivity contribution is -0.121. The lowest BCUT2D eigenvalue weighted by atomic mass is 9.93. The molecule has 152 valence electrons. The second kappa shape index (κ2) is 12.7. The Balaban J connectivity index is 0.00000364. The average molecular weight is 525 g/mol. The normalized spacial score (nSPS) is 16.4. The Morgan fingerprint density at radius 3 is 2.67 bits per heavy atom. The number of carbonyl (C=O) groups excluding carboxylic acids is 1. The Labute approximate surface area is 189 Å². The molecule has 1 atom stereocenters. The molecule has 0 bridgehead atoms. The SMILES string of the molecule is CN=C(NCC(SC)c1cccc(Cl)c1)N1CCC(CC(=O)NC)CC1.I. The number of likely N-dealkylation sites (tertiary alicyclic amines) is 1. The molecule has 1 aliphatic rings. The van der Waals surface area contributed by atoms with Gasteiger partial charge in [0.1, 0.15) is 0 Å². The van der Waals surface area contributed by atoms with Crippen molar-refractivity contribution in [2.75, 3.05) is 40.0 Å². The molecule has 0 spiro atoms. The average Bonchev–Trinajstić information content (AvgIpc) is 2.66. The van der Waals surface area contributed by atoms with Crippen molar-refractivity contribution < 1.29 is 4.79 Å². The number of halogens is 2.